The molecule has 0 spiro atoms. The highest BCUT2D eigenvalue weighted by Gasteiger charge is 2.12. The second kappa shape index (κ2) is 7.33. The Bertz CT molecular complexity index is 720. The van der Waals surface area contributed by atoms with Crippen molar-refractivity contribution in [3.05, 3.63) is 52.2 Å². The van der Waals surface area contributed by atoms with Crippen LogP contribution in [0.3, 0.4) is 0 Å². The summed E-state index contributed by atoms with van der Waals surface area (Å²) in [6.45, 7) is 8.61. The maximum absolute atomic E-state index is 9.35. The third-order valence-corrected chi connectivity index (χ3v) is 4.60. The normalized spacial score (nSPS) is 10.3. The first-order valence-electron chi connectivity index (χ1n) is 7.23. The smallest absolute Gasteiger partial charge is 0.119 e. The van der Waals surface area contributed by atoms with Crippen LogP contribution in [0, 0.1) is 39.0 Å². The highest BCUT2D eigenvalue weighted by molar-refractivity contribution is 7.99. The van der Waals surface area contributed by atoms with Gasteiger partial charge >= 0.3 is 0 Å². The van der Waals surface area contributed by atoms with Gasteiger partial charge in [-0.2, -0.15) is 5.26 Å². The second-order valence-corrected chi connectivity index (χ2v) is 6.34. The first-order chi connectivity index (χ1) is 10.5. The minimum Gasteiger partial charge on any atom is -0.493 e. The quantitative estimate of drug-likeness (QED) is 0.608. The SMILES string of the molecule is Cc1cccc(OCCSc2nc(C)c(C)c(C)c2C#N)c1. The van der Waals surface area contributed by atoms with Crippen LogP contribution in [-0.4, -0.2) is 17.3 Å². The molecule has 0 aliphatic rings. The number of benzene rings is 1. The van der Waals surface area contributed by atoms with Crippen LogP contribution in [0.4, 0.5) is 0 Å². The highest BCUT2D eigenvalue weighted by Crippen LogP contribution is 2.26. The van der Waals surface area contributed by atoms with E-state index in [2.05, 4.69) is 11.1 Å². The van der Waals surface area contributed by atoms with Crippen molar-refractivity contribution < 1.29 is 4.74 Å². The monoisotopic (exact) mass is 312 g/mol. The number of ether oxygens (including phenoxy) is 1. The van der Waals surface area contributed by atoms with Crippen LogP contribution in [-0.2, 0) is 0 Å². The van der Waals surface area contributed by atoms with Crippen LogP contribution in [0.15, 0.2) is 29.3 Å². The van der Waals surface area contributed by atoms with Crippen molar-refractivity contribution in [1.29, 1.82) is 5.26 Å². The predicted octanol–water partition coefficient (Wildman–Crippen LogP) is 4.36. The van der Waals surface area contributed by atoms with Crippen LogP contribution in [0.5, 0.6) is 5.75 Å². The Kier molecular flexibility index (Phi) is 5.46. The molecule has 0 saturated carbocycles. The minimum atomic E-state index is 0.590. The highest BCUT2D eigenvalue weighted by atomic mass is 32.2. The average molecular weight is 312 g/mol. The molecule has 0 saturated heterocycles. The third kappa shape index (κ3) is 3.80. The van der Waals surface area contributed by atoms with Crippen molar-refractivity contribution in [3.8, 4) is 11.8 Å². The molecule has 2 aromatic rings. The summed E-state index contributed by atoms with van der Waals surface area (Å²) in [5, 5.41) is 10.1. The van der Waals surface area contributed by atoms with Gasteiger partial charge in [-0.3, -0.25) is 0 Å². The predicted molar refractivity (Wildman–Crippen MR) is 90.6 cm³/mol. The van der Waals surface area contributed by atoms with Crippen LogP contribution >= 0.6 is 11.8 Å². The first kappa shape index (κ1) is 16.4. The van der Waals surface area contributed by atoms with Gasteiger partial charge in [0.15, 0.2) is 0 Å². The fourth-order valence-electron chi connectivity index (χ4n) is 2.15. The van der Waals surface area contributed by atoms with Gasteiger partial charge in [-0.25, -0.2) is 4.98 Å². The number of pyridine rings is 1. The van der Waals surface area contributed by atoms with Crippen molar-refractivity contribution in [2.75, 3.05) is 12.4 Å². The molecule has 0 aliphatic carbocycles. The number of aryl methyl sites for hydroxylation is 2. The molecule has 0 radical (unpaired) electrons. The van der Waals surface area contributed by atoms with Gasteiger partial charge in [0.25, 0.3) is 0 Å². The summed E-state index contributed by atoms with van der Waals surface area (Å²) in [6, 6.07) is 10.3. The Labute approximate surface area is 136 Å². The standard InChI is InChI=1S/C18H20N2OS/c1-12-6-5-7-16(10-12)21-8-9-22-18-17(11-19)14(3)13(2)15(4)20-18/h5-7,10H,8-9H2,1-4H3. The number of nitriles is 1. The maximum atomic E-state index is 9.35. The molecular formula is C18H20N2OS. The molecule has 2 rings (SSSR count). The minimum absolute atomic E-state index is 0.590. The fraction of sp³-hybridized carbons (Fsp3) is 0.333. The van der Waals surface area contributed by atoms with E-state index in [1.165, 1.54) is 5.56 Å². The Morgan fingerprint density at radius 1 is 1.18 bits per heavy atom. The molecule has 114 valence electrons. The Morgan fingerprint density at radius 2 is 1.95 bits per heavy atom. The second-order valence-electron chi connectivity index (χ2n) is 5.25. The molecular weight excluding hydrogens is 292 g/mol. The Morgan fingerprint density at radius 3 is 2.64 bits per heavy atom. The molecule has 1 heterocycles. The molecule has 0 fully saturated rings. The molecule has 4 heteroatoms. The zero-order valence-electron chi connectivity index (χ0n) is 13.4. The molecule has 22 heavy (non-hydrogen) atoms. The lowest BCUT2D eigenvalue weighted by Crippen LogP contribution is -2.03. The number of nitrogens with zero attached hydrogens (tertiary/aromatic N) is 2. The molecule has 1 aromatic heterocycles. The average Bonchev–Trinajstić information content (AvgIpc) is 2.49. The van der Waals surface area contributed by atoms with Gasteiger partial charge < -0.3 is 4.74 Å². The number of hydrogen-bond acceptors (Lipinski definition) is 4. The van der Waals surface area contributed by atoms with E-state index in [1.807, 2.05) is 52.0 Å². The number of hydrogen-bond donors (Lipinski definition) is 0. The van der Waals surface area contributed by atoms with Gasteiger partial charge in [-0.1, -0.05) is 12.1 Å². The summed E-state index contributed by atoms with van der Waals surface area (Å²) < 4.78 is 5.73. The summed E-state index contributed by atoms with van der Waals surface area (Å²) in [5.74, 6) is 1.64. The van der Waals surface area contributed by atoms with E-state index in [4.69, 9.17) is 4.74 Å². The molecule has 0 bridgehead atoms. The lowest BCUT2D eigenvalue weighted by Gasteiger charge is -2.11. The molecule has 0 amide bonds. The number of thioether (sulfide) groups is 1. The van der Waals surface area contributed by atoms with E-state index < -0.39 is 0 Å². The van der Waals surface area contributed by atoms with Gasteiger partial charge in [-0.05, 0) is 56.5 Å². The number of rotatable bonds is 5. The zero-order valence-corrected chi connectivity index (χ0v) is 14.3. The lowest BCUT2D eigenvalue weighted by atomic mass is 10.1. The summed E-state index contributed by atoms with van der Waals surface area (Å²) in [6.07, 6.45) is 0. The fourth-order valence-corrected chi connectivity index (χ4v) is 3.05. The van der Waals surface area contributed by atoms with Crippen molar-refractivity contribution in [2.45, 2.75) is 32.7 Å². The van der Waals surface area contributed by atoms with Gasteiger partial charge in [0.2, 0.25) is 0 Å². The summed E-state index contributed by atoms with van der Waals surface area (Å²) in [5.41, 5.74) is 4.97. The summed E-state index contributed by atoms with van der Waals surface area (Å²) >= 11 is 1.57. The van der Waals surface area contributed by atoms with Crippen molar-refractivity contribution >= 4 is 11.8 Å². The van der Waals surface area contributed by atoms with Crippen molar-refractivity contribution in [1.82, 2.24) is 4.98 Å². The lowest BCUT2D eigenvalue weighted by molar-refractivity contribution is 0.343. The van der Waals surface area contributed by atoms with Gasteiger partial charge in [-0.15, -0.1) is 11.8 Å². The van der Waals surface area contributed by atoms with Crippen LogP contribution in [0.2, 0.25) is 0 Å². The molecule has 3 nitrogen and oxygen atoms in total. The van der Waals surface area contributed by atoms with Gasteiger partial charge in [0.05, 0.1) is 12.2 Å². The largest absolute Gasteiger partial charge is 0.493 e. The zero-order chi connectivity index (χ0) is 16.1. The van der Waals surface area contributed by atoms with E-state index in [-0.39, 0.29) is 0 Å². The van der Waals surface area contributed by atoms with Crippen molar-refractivity contribution in [3.63, 3.8) is 0 Å². The van der Waals surface area contributed by atoms with E-state index in [0.29, 0.717) is 12.2 Å². The van der Waals surface area contributed by atoms with E-state index in [1.54, 1.807) is 11.8 Å². The molecule has 0 unspecified atom stereocenters. The van der Waals surface area contributed by atoms with Crippen LogP contribution < -0.4 is 4.74 Å². The molecule has 0 N–H and O–H groups in total. The Hall–Kier alpha value is -1.99. The van der Waals surface area contributed by atoms with Crippen LogP contribution in [0.1, 0.15) is 27.9 Å². The van der Waals surface area contributed by atoms with Crippen LogP contribution in [0.25, 0.3) is 0 Å². The molecule has 0 atom stereocenters. The van der Waals surface area contributed by atoms with E-state index >= 15 is 0 Å². The van der Waals surface area contributed by atoms with Gasteiger partial charge in [0, 0.05) is 11.4 Å². The third-order valence-electron chi connectivity index (χ3n) is 3.66. The maximum Gasteiger partial charge on any atom is 0.119 e. The summed E-state index contributed by atoms with van der Waals surface area (Å²) in [7, 11) is 0. The molecule has 0 aliphatic heterocycles. The first-order valence-corrected chi connectivity index (χ1v) is 8.21. The topological polar surface area (TPSA) is 45.9 Å². The molecule has 1 aromatic carbocycles. The van der Waals surface area contributed by atoms with E-state index in [9.17, 15) is 5.26 Å². The summed E-state index contributed by atoms with van der Waals surface area (Å²) in [4.78, 5) is 4.55. The van der Waals surface area contributed by atoms with E-state index in [0.717, 1.165) is 33.3 Å². The number of aromatic nitrogens is 1. The van der Waals surface area contributed by atoms with Crippen molar-refractivity contribution in [2.24, 2.45) is 0 Å². The van der Waals surface area contributed by atoms with Gasteiger partial charge in [0.1, 0.15) is 16.8 Å². The Balaban J connectivity index is 1.99.